The fraction of sp³-hybridized carbons (Fsp3) is 0.818. The Morgan fingerprint density at radius 3 is 3.00 bits per heavy atom. The molecule has 0 aromatic heterocycles. The first-order chi connectivity index (χ1) is 7.74. The van der Waals surface area contributed by atoms with Crippen LogP contribution >= 0.6 is 0 Å². The van der Waals surface area contributed by atoms with Gasteiger partial charge in [0.25, 0.3) is 0 Å². The van der Waals surface area contributed by atoms with Crippen LogP contribution in [0.4, 0.5) is 0 Å². The largest absolute Gasteiger partial charge is 0.378 e. The Hall–Kier alpha value is -1.12. The average Bonchev–Trinajstić information content (AvgIpc) is 2.31. The SMILES string of the molecule is CCNC(=O)C1COCCN1C(C#N)CC. The summed E-state index contributed by atoms with van der Waals surface area (Å²) in [6.07, 6.45) is 0.729. The second-order valence-corrected chi connectivity index (χ2v) is 3.78. The third-order valence-electron chi connectivity index (χ3n) is 2.76. The van der Waals surface area contributed by atoms with E-state index >= 15 is 0 Å². The number of nitrogens with one attached hydrogen (secondary N) is 1. The normalized spacial score (nSPS) is 23.4. The summed E-state index contributed by atoms with van der Waals surface area (Å²) in [4.78, 5) is 13.7. The van der Waals surface area contributed by atoms with Crippen LogP contribution in [0.3, 0.4) is 0 Å². The zero-order chi connectivity index (χ0) is 12.0. The highest BCUT2D eigenvalue weighted by Gasteiger charge is 2.33. The molecule has 1 amide bonds. The molecule has 1 rings (SSSR count). The van der Waals surface area contributed by atoms with Crippen LogP contribution < -0.4 is 5.32 Å². The summed E-state index contributed by atoms with van der Waals surface area (Å²) in [6.45, 7) is 6.06. The molecular formula is C11H19N3O2. The lowest BCUT2D eigenvalue weighted by Crippen LogP contribution is -2.56. The minimum atomic E-state index is -0.321. The predicted octanol–water partition coefficient (Wildman–Crippen LogP) is 0.125. The van der Waals surface area contributed by atoms with Gasteiger partial charge in [0.1, 0.15) is 6.04 Å². The highest BCUT2D eigenvalue weighted by Crippen LogP contribution is 2.13. The molecule has 0 saturated carbocycles. The number of morpholine rings is 1. The third kappa shape index (κ3) is 2.94. The Morgan fingerprint density at radius 1 is 1.69 bits per heavy atom. The van der Waals surface area contributed by atoms with Crippen molar-refractivity contribution in [3.8, 4) is 6.07 Å². The molecule has 1 aliphatic rings. The molecule has 1 aliphatic heterocycles. The number of likely N-dealkylation sites (N-methyl/N-ethyl adjacent to an activating group) is 1. The van der Waals surface area contributed by atoms with Crippen LogP contribution in [-0.4, -0.2) is 49.2 Å². The topological polar surface area (TPSA) is 65.4 Å². The number of hydrogen-bond acceptors (Lipinski definition) is 4. The molecule has 16 heavy (non-hydrogen) atoms. The molecule has 1 saturated heterocycles. The van der Waals surface area contributed by atoms with Gasteiger partial charge in [-0.1, -0.05) is 6.92 Å². The maximum atomic E-state index is 11.8. The minimum Gasteiger partial charge on any atom is -0.378 e. The van der Waals surface area contributed by atoms with Crippen molar-refractivity contribution in [1.82, 2.24) is 10.2 Å². The molecule has 2 atom stereocenters. The third-order valence-corrected chi connectivity index (χ3v) is 2.76. The smallest absolute Gasteiger partial charge is 0.239 e. The number of ether oxygens (including phenoxy) is 1. The van der Waals surface area contributed by atoms with Gasteiger partial charge in [-0.2, -0.15) is 5.26 Å². The van der Waals surface area contributed by atoms with Gasteiger partial charge in [0.05, 0.1) is 25.3 Å². The zero-order valence-corrected chi connectivity index (χ0v) is 9.90. The zero-order valence-electron chi connectivity index (χ0n) is 9.90. The fourth-order valence-corrected chi connectivity index (χ4v) is 1.91. The molecule has 0 aliphatic carbocycles. The molecule has 1 heterocycles. The number of carbonyl (C=O) groups is 1. The maximum absolute atomic E-state index is 11.8. The van der Waals surface area contributed by atoms with Crippen molar-refractivity contribution in [2.75, 3.05) is 26.3 Å². The molecule has 2 unspecified atom stereocenters. The molecule has 5 heteroatoms. The van der Waals surface area contributed by atoms with Crippen molar-refractivity contribution in [3.63, 3.8) is 0 Å². The second kappa shape index (κ2) is 6.46. The second-order valence-electron chi connectivity index (χ2n) is 3.78. The van der Waals surface area contributed by atoms with Crippen molar-refractivity contribution in [1.29, 1.82) is 5.26 Å². The Labute approximate surface area is 96.4 Å². The van der Waals surface area contributed by atoms with Crippen molar-refractivity contribution in [3.05, 3.63) is 0 Å². The van der Waals surface area contributed by atoms with Crippen LogP contribution in [0.25, 0.3) is 0 Å². The monoisotopic (exact) mass is 225 g/mol. The number of amides is 1. The van der Waals surface area contributed by atoms with E-state index in [1.54, 1.807) is 0 Å². The van der Waals surface area contributed by atoms with Gasteiger partial charge in [-0.3, -0.25) is 9.69 Å². The van der Waals surface area contributed by atoms with Gasteiger partial charge in [-0.25, -0.2) is 0 Å². The molecule has 0 bridgehead atoms. The fourth-order valence-electron chi connectivity index (χ4n) is 1.91. The van der Waals surface area contributed by atoms with E-state index < -0.39 is 0 Å². The average molecular weight is 225 g/mol. The van der Waals surface area contributed by atoms with Crippen LogP contribution in [0.1, 0.15) is 20.3 Å². The summed E-state index contributed by atoms with van der Waals surface area (Å²) in [7, 11) is 0. The van der Waals surface area contributed by atoms with Gasteiger partial charge in [-0.05, 0) is 13.3 Å². The number of rotatable bonds is 4. The molecular weight excluding hydrogens is 206 g/mol. The lowest BCUT2D eigenvalue weighted by Gasteiger charge is -2.36. The Balaban J connectivity index is 2.70. The molecule has 0 aromatic rings. The molecule has 1 N–H and O–H groups in total. The molecule has 0 spiro atoms. The predicted molar refractivity (Wildman–Crippen MR) is 59.7 cm³/mol. The molecule has 90 valence electrons. The summed E-state index contributed by atoms with van der Waals surface area (Å²) in [5, 5.41) is 11.8. The minimum absolute atomic E-state index is 0.0455. The number of nitriles is 1. The Kier molecular flexibility index (Phi) is 5.23. The van der Waals surface area contributed by atoms with Gasteiger partial charge >= 0.3 is 0 Å². The van der Waals surface area contributed by atoms with Gasteiger partial charge in [0.15, 0.2) is 0 Å². The highest BCUT2D eigenvalue weighted by molar-refractivity contribution is 5.82. The first kappa shape index (κ1) is 12.9. The van der Waals surface area contributed by atoms with Crippen LogP contribution in [0.5, 0.6) is 0 Å². The number of hydrogen-bond donors (Lipinski definition) is 1. The highest BCUT2D eigenvalue weighted by atomic mass is 16.5. The molecule has 0 radical (unpaired) electrons. The number of carbonyl (C=O) groups excluding carboxylic acids is 1. The van der Waals surface area contributed by atoms with E-state index in [0.29, 0.717) is 26.3 Å². The van der Waals surface area contributed by atoms with E-state index in [-0.39, 0.29) is 18.0 Å². The summed E-state index contributed by atoms with van der Waals surface area (Å²) in [5.41, 5.74) is 0. The van der Waals surface area contributed by atoms with E-state index in [2.05, 4.69) is 11.4 Å². The summed E-state index contributed by atoms with van der Waals surface area (Å²) in [6, 6.07) is 1.72. The van der Waals surface area contributed by atoms with E-state index in [0.717, 1.165) is 6.42 Å². The Morgan fingerprint density at radius 2 is 2.44 bits per heavy atom. The lowest BCUT2D eigenvalue weighted by molar-refractivity contribution is -0.133. The van der Waals surface area contributed by atoms with Gasteiger partial charge in [0.2, 0.25) is 5.91 Å². The lowest BCUT2D eigenvalue weighted by atomic mass is 10.1. The summed E-state index contributed by atoms with van der Waals surface area (Å²) in [5.74, 6) is -0.0455. The summed E-state index contributed by atoms with van der Waals surface area (Å²) >= 11 is 0. The quantitative estimate of drug-likeness (QED) is 0.738. The molecule has 0 aromatic carbocycles. The standard InChI is InChI=1S/C11H19N3O2/c1-3-9(7-12)14-5-6-16-8-10(14)11(15)13-4-2/h9-10H,3-6,8H2,1-2H3,(H,13,15). The van der Waals surface area contributed by atoms with Gasteiger partial charge in [-0.15, -0.1) is 0 Å². The molecule has 5 nitrogen and oxygen atoms in total. The van der Waals surface area contributed by atoms with Crippen molar-refractivity contribution in [2.24, 2.45) is 0 Å². The van der Waals surface area contributed by atoms with E-state index in [9.17, 15) is 4.79 Å². The van der Waals surface area contributed by atoms with Crippen molar-refractivity contribution < 1.29 is 9.53 Å². The van der Waals surface area contributed by atoms with E-state index in [1.807, 2.05) is 18.7 Å². The van der Waals surface area contributed by atoms with Gasteiger partial charge < -0.3 is 10.1 Å². The summed E-state index contributed by atoms with van der Waals surface area (Å²) < 4.78 is 5.31. The first-order valence-electron chi connectivity index (χ1n) is 5.75. The van der Waals surface area contributed by atoms with Crippen LogP contribution in [0, 0.1) is 11.3 Å². The molecule has 1 fully saturated rings. The number of nitrogens with zero attached hydrogens (tertiary/aromatic N) is 2. The van der Waals surface area contributed by atoms with E-state index in [4.69, 9.17) is 10.00 Å². The van der Waals surface area contributed by atoms with Crippen LogP contribution in [-0.2, 0) is 9.53 Å². The van der Waals surface area contributed by atoms with Crippen molar-refractivity contribution >= 4 is 5.91 Å². The maximum Gasteiger partial charge on any atom is 0.239 e. The van der Waals surface area contributed by atoms with Gasteiger partial charge in [0, 0.05) is 13.1 Å². The van der Waals surface area contributed by atoms with Crippen LogP contribution in [0.2, 0.25) is 0 Å². The Bertz CT molecular complexity index is 275. The van der Waals surface area contributed by atoms with E-state index in [1.165, 1.54) is 0 Å². The first-order valence-corrected chi connectivity index (χ1v) is 5.75. The van der Waals surface area contributed by atoms with Crippen molar-refractivity contribution in [2.45, 2.75) is 32.4 Å². The van der Waals surface area contributed by atoms with Crippen LogP contribution in [0.15, 0.2) is 0 Å².